The number of rotatable bonds is 2. The number of nitriles is 1. The number of aromatic amines is 2. The van der Waals surface area contributed by atoms with Crippen molar-refractivity contribution in [3.63, 3.8) is 0 Å². The van der Waals surface area contributed by atoms with Gasteiger partial charge in [-0.2, -0.15) is 5.26 Å². The number of likely N-dealkylation sites (N-methyl/N-ethyl adjacent to an activating group) is 1. The predicted octanol–water partition coefficient (Wildman–Crippen LogP) is 4.86. The fraction of sp³-hybridized carbons (Fsp3) is 0.286. The fourth-order valence-corrected chi connectivity index (χ4v) is 4.98. The molecule has 0 bridgehead atoms. The van der Waals surface area contributed by atoms with Gasteiger partial charge in [0.05, 0.1) is 35.1 Å². The molecule has 0 aliphatic carbocycles. The Labute approximate surface area is 225 Å². The van der Waals surface area contributed by atoms with Crippen LogP contribution in [0.1, 0.15) is 54.1 Å². The van der Waals surface area contributed by atoms with Crippen LogP contribution in [0.2, 0.25) is 0 Å². The van der Waals surface area contributed by atoms with Gasteiger partial charge in [-0.05, 0) is 56.5 Å². The van der Waals surface area contributed by atoms with Crippen LogP contribution in [0.15, 0.2) is 35.1 Å². The average molecular weight is 552 g/mol. The second kappa shape index (κ2) is 9.44. The molecule has 206 valence electrons. The maximum atomic E-state index is 14.4. The van der Waals surface area contributed by atoms with E-state index in [-0.39, 0.29) is 46.3 Å². The van der Waals surface area contributed by atoms with E-state index in [9.17, 15) is 32.8 Å². The monoisotopic (exact) mass is 551 g/mol. The van der Waals surface area contributed by atoms with Gasteiger partial charge in [0.2, 0.25) is 0 Å². The summed E-state index contributed by atoms with van der Waals surface area (Å²) in [5, 5.41) is 9.71. The van der Waals surface area contributed by atoms with Gasteiger partial charge in [-0.1, -0.05) is 0 Å². The number of benzene rings is 2. The van der Waals surface area contributed by atoms with Crippen LogP contribution in [0.25, 0.3) is 21.7 Å². The van der Waals surface area contributed by atoms with Crippen LogP contribution in [0.3, 0.4) is 0 Å². The van der Waals surface area contributed by atoms with Crippen molar-refractivity contribution in [2.45, 2.75) is 39.0 Å². The van der Waals surface area contributed by atoms with Gasteiger partial charge in [0.1, 0.15) is 17.1 Å². The molecule has 9 nitrogen and oxygen atoms in total. The van der Waals surface area contributed by atoms with E-state index in [4.69, 9.17) is 4.74 Å². The highest BCUT2D eigenvalue weighted by Crippen LogP contribution is 2.36. The van der Waals surface area contributed by atoms with Crippen molar-refractivity contribution < 1.29 is 27.5 Å². The molecule has 40 heavy (non-hydrogen) atoms. The lowest BCUT2D eigenvalue weighted by molar-refractivity contribution is 0.0142. The minimum atomic E-state index is -1.20. The second-order valence-electron chi connectivity index (χ2n) is 10.7. The number of carbonyl (C=O) groups is 2. The lowest BCUT2D eigenvalue weighted by atomic mass is 9.92. The summed E-state index contributed by atoms with van der Waals surface area (Å²) >= 11 is 0. The van der Waals surface area contributed by atoms with Gasteiger partial charge in [-0.15, -0.1) is 0 Å². The van der Waals surface area contributed by atoms with Crippen molar-refractivity contribution in [1.29, 1.82) is 5.26 Å². The molecule has 2 amide bonds. The molecular weight excluding hydrogens is 527 g/mol. The van der Waals surface area contributed by atoms with Crippen molar-refractivity contribution in [2.24, 2.45) is 0 Å². The number of hydrogen-bond donors (Lipinski definition) is 2. The zero-order chi connectivity index (χ0) is 29.1. The first-order chi connectivity index (χ1) is 18.8. The minimum Gasteiger partial charge on any atom is -0.444 e. The Hall–Kier alpha value is -4.79. The van der Waals surface area contributed by atoms with E-state index in [1.54, 1.807) is 20.8 Å². The molecule has 0 radical (unpaired) electrons. The molecule has 0 spiro atoms. The first-order valence-corrected chi connectivity index (χ1v) is 12.3. The Morgan fingerprint density at radius 3 is 2.38 bits per heavy atom. The van der Waals surface area contributed by atoms with E-state index in [2.05, 4.69) is 9.97 Å². The number of carbonyl (C=O) groups excluding carboxylic acids is 2. The number of ether oxygens (including phenoxy) is 1. The molecule has 0 saturated carbocycles. The predicted molar refractivity (Wildman–Crippen MR) is 139 cm³/mol. The zero-order valence-electron chi connectivity index (χ0n) is 22.0. The maximum Gasteiger partial charge on any atom is 0.410 e. The highest BCUT2D eigenvalue weighted by atomic mass is 19.2. The summed E-state index contributed by atoms with van der Waals surface area (Å²) < 4.78 is 48.0. The molecule has 2 aromatic heterocycles. The first kappa shape index (κ1) is 26.8. The third kappa shape index (κ3) is 4.64. The number of halogens is 3. The fourth-order valence-electron chi connectivity index (χ4n) is 4.98. The highest BCUT2D eigenvalue weighted by Gasteiger charge is 2.37. The van der Waals surface area contributed by atoms with E-state index in [1.807, 2.05) is 6.07 Å². The van der Waals surface area contributed by atoms with Gasteiger partial charge < -0.3 is 19.6 Å². The summed E-state index contributed by atoms with van der Waals surface area (Å²) in [6.45, 7) is 4.87. The Morgan fingerprint density at radius 1 is 1.05 bits per heavy atom. The number of pyridine rings is 1. The minimum absolute atomic E-state index is 0.0292. The molecule has 5 rings (SSSR count). The first-order valence-electron chi connectivity index (χ1n) is 12.3. The van der Waals surface area contributed by atoms with Gasteiger partial charge >= 0.3 is 6.09 Å². The Bertz CT molecular complexity index is 1820. The van der Waals surface area contributed by atoms with Crippen molar-refractivity contribution >= 4 is 33.7 Å². The van der Waals surface area contributed by atoms with Crippen LogP contribution < -0.4 is 5.56 Å². The number of aromatic nitrogens is 2. The highest BCUT2D eigenvalue weighted by molar-refractivity contribution is 6.00. The molecule has 1 aliphatic heterocycles. The number of hydrogen-bond acceptors (Lipinski definition) is 5. The number of nitrogens with zero attached hydrogens (tertiary/aromatic N) is 3. The molecule has 2 N–H and O–H groups in total. The van der Waals surface area contributed by atoms with Crippen LogP contribution >= 0.6 is 0 Å². The van der Waals surface area contributed by atoms with Crippen LogP contribution in [0.5, 0.6) is 0 Å². The summed E-state index contributed by atoms with van der Waals surface area (Å²) in [5.74, 6) is -3.63. The topological polar surface area (TPSA) is 122 Å². The Kier molecular flexibility index (Phi) is 6.33. The van der Waals surface area contributed by atoms with Gasteiger partial charge in [0.25, 0.3) is 11.5 Å². The summed E-state index contributed by atoms with van der Waals surface area (Å²) in [5.41, 5.74) is -0.646. The lowest BCUT2D eigenvalue weighted by Crippen LogP contribution is -2.47. The smallest absolute Gasteiger partial charge is 0.410 e. The molecule has 0 fully saturated rings. The van der Waals surface area contributed by atoms with E-state index >= 15 is 0 Å². The van der Waals surface area contributed by atoms with Crippen molar-refractivity contribution in [1.82, 2.24) is 19.8 Å². The number of amides is 2. The van der Waals surface area contributed by atoms with Gasteiger partial charge in [0.15, 0.2) is 11.6 Å². The molecular formula is C28H24F3N5O4. The lowest BCUT2D eigenvalue weighted by Gasteiger charge is -2.39. The van der Waals surface area contributed by atoms with E-state index in [0.29, 0.717) is 10.9 Å². The quantitative estimate of drug-likeness (QED) is 0.368. The molecule has 0 saturated heterocycles. The van der Waals surface area contributed by atoms with E-state index < -0.39 is 46.7 Å². The van der Waals surface area contributed by atoms with Crippen LogP contribution in [0.4, 0.5) is 18.0 Å². The molecule has 1 unspecified atom stereocenters. The SMILES string of the molecule is CN(C(=O)c1cc2c(C#N)cc(F)cc2[nH]1)C1CN(C(=O)OC(C)(C)C)Cc2[nH]c(=O)c3cc(F)c(F)cc3c21. The summed E-state index contributed by atoms with van der Waals surface area (Å²) in [6.07, 6.45) is -0.699. The number of nitrogens with one attached hydrogen (secondary N) is 2. The van der Waals surface area contributed by atoms with Gasteiger partial charge in [-0.3, -0.25) is 14.5 Å². The van der Waals surface area contributed by atoms with Crippen LogP contribution in [0, 0.1) is 28.8 Å². The number of H-pyrrole nitrogens is 2. The molecule has 1 atom stereocenters. The van der Waals surface area contributed by atoms with Crippen LogP contribution in [-0.4, -0.2) is 51.0 Å². The third-order valence-corrected chi connectivity index (χ3v) is 6.75. The van der Waals surface area contributed by atoms with Crippen molar-refractivity contribution in [3.8, 4) is 6.07 Å². The molecule has 1 aliphatic rings. The van der Waals surface area contributed by atoms with E-state index in [1.165, 1.54) is 22.9 Å². The van der Waals surface area contributed by atoms with Crippen LogP contribution in [-0.2, 0) is 11.3 Å². The summed E-state index contributed by atoms with van der Waals surface area (Å²) in [6, 6.07) is 6.28. The largest absolute Gasteiger partial charge is 0.444 e. The molecule has 2 aromatic carbocycles. The van der Waals surface area contributed by atoms with E-state index in [0.717, 1.165) is 24.3 Å². The molecule has 3 heterocycles. The Balaban J connectivity index is 1.64. The maximum absolute atomic E-state index is 14.4. The molecule has 4 aromatic rings. The zero-order valence-corrected chi connectivity index (χ0v) is 22.0. The third-order valence-electron chi connectivity index (χ3n) is 6.75. The van der Waals surface area contributed by atoms with Crippen molar-refractivity contribution in [3.05, 3.63) is 80.7 Å². The van der Waals surface area contributed by atoms with Gasteiger partial charge in [-0.25, -0.2) is 18.0 Å². The second-order valence-corrected chi connectivity index (χ2v) is 10.7. The summed E-state index contributed by atoms with van der Waals surface area (Å²) in [4.78, 5) is 47.6. The normalized spacial score (nSPS) is 15.2. The van der Waals surface area contributed by atoms with Gasteiger partial charge in [0, 0.05) is 30.2 Å². The standard InChI is InChI=1S/C28H24F3N5O4/c1-28(2,3)40-27(39)36-11-22-24(16-7-18(30)19(31)8-17(16)25(37)34-22)23(12-36)35(4)26(38)21-9-15-13(10-32)5-14(29)6-20(15)33-21/h5-9,23,33H,11-12H2,1-4H3,(H,34,37). The summed E-state index contributed by atoms with van der Waals surface area (Å²) in [7, 11) is 1.45. The number of fused-ring (bicyclic) bond motifs is 4. The Morgan fingerprint density at radius 2 is 1.73 bits per heavy atom. The van der Waals surface area contributed by atoms with Crippen molar-refractivity contribution in [2.75, 3.05) is 13.6 Å². The average Bonchev–Trinajstić information content (AvgIpc) is 3.30. The molecule has 12 heteroatoms.